The number of aromatic nitrogens is 1. The highest BCUT2D eigenvalue weighted by atomic mass is 16.5. The average molecular weight is 311 g/mol. The van der Waals surface area contributed by atoms with Gasteiger partial charge in [-0.25, -0.2) is 0 Å². The number of fused-ring (bicyclic) bond motifs is 1. The average Bonchev–Trinajstić information content (AvgIpc) is 2.86. The van der Waals surface area contributed by atoms with E-state index in [4.69, 9.17) is 4.74 Å². The number of benzene rings is 1. The summed E-state index contributed by atoms with van der Waals surface area (Å²) in [6.07, 6.45) is 2.69. The summed E-state index contributed by atoms with van der Waals surface area (Å²) in [5.74, 6) is -0.484. The Balaban J connectivity index is 2.03. The minimum absolute atomic E-state index is 0.0138. The van der Waals surface area contributed by atoms with E-state index in [-0.39, 0.29) is 17.7 Å². The molecule has 4 nitrogen and oxygen atoms in total. The fourth-order valence-electron chi connectivity index (χ4n) is 3.35. The lowest BCUT2D eigenvalue weighted by atomic mass is 10.00. The van der Waals surface area contributed by atoms with Gasteiger partial charge in [0.1, 0.15) is 0 Å². The highest BCUT2D eigenvalue weighted by Crippen LogP contribution is 2.30. The first-order valence-corrected chi connectivity index (χ1v) is 8.01. The highest BCUT2D eigenvalue weighted by molar-refractivity contribution is 6.09. The van der Waals surface area contributed by atoms with Gasteiger partial charge in [-0.3, -0.25) is 9.59 Å². The number of hydrogen-bond donors (Lipinski definition) is 0. The molecule has 0 amide bonds. The van der Waals surface area contributed by atoms with Crippen molar-refractivity contribution in [1.29, 1.82) is 0 Å². The molecule has 1 unspecified atom stereocenters. The molecule has 0 spiro atoms. The van der Waals surface area contributed by atoms with Gasteiger partial charge in [0.15, 0.2) is 0 Å². The van der Waals surface area contributed by atoms with E-state index < -0.39 is 0 Å². The SMILES string of the molecule is COC(=O)C1CCCCn2c(C(=O)c3ccccc3C)ccc21. The third kappa shape index (κ3) is 2.81. The van der Waals surface area contributed by atoms with E-state index in [9.17, 15) is 9.59 Å². The van der Waals surface area contributed by atoms with E-state index in [2.05, 4.69) is 0 Å². The Hall–Kier alpha value is -2.36. The number of methoxy groups -OCH3 is 1. The largest absolute Gasteiger partial charge is 0.469 e. The zero-order valence-corrected chi connectivity index (χ0v) is 13.5. The van der Waals surface area contributed by atoms with Crippen molar-refractivity contribution in [2.45, 2.75) is 38.6 Å². The van der Waals surface area contributed by atoms with Crippen LogP contribution in [0.3, 0.4) is 0 Å². The first-order valence-electron chi connectivity index (χ1n) is 8.01. The Morgan fingerprint density at radius 3 is 2.65 bits per heavy atom. The van der Waals surface area contributed by atoms with Crippen molar-refractivity contribution < 1.29 is 14.3 Å². The number of carbonyl (C=O) groups is 2. The normalized spacial score (nSPS) is 17.2. The molecule has 0 aliphatic carbocycles. The van der Waals surface area contributed by atoms with E-state index in [1.807, 2.05) is 47.9 Å². The van der Waals surface area contributed by atoms with Crippen molar-refractivity contribution in [2.24, 2.45) is 0 Å². The van der Waals surface area contributed by atoms with Crippen LogP contribution in [0.25, 0.3) is 0 Å². The summed E-state index contributed by atoms with van der Waals surface area (Å²) < 4.78 is 6.94. The number of rotatable bonds is 3. The van der Waals surface area contributed by atoms with Crippen LogP contribution >= 0.6 is 0 Å². The number of nitrogens with zero attached hydrogens (tertiary/aromatic N) is 1. The number of ether oxygens (including phenoxy) is 1. The van der Waals surface area contributed by atoms with Crippen molar-refractivity contribution in [1.82, 2.24) is 4.57 Å². The molecule has 0 fully saturated rings. The molecule has 2 heterocycles. The van der Waals surface area contributed by atoms with Gasteiger partial charge >= 0.3 is 5.97 Å². The summed E-state index contributed by atoms with van der Waals surface area (Å²) in [4.78, 5) is 25.0. The fraction of sp³-hybridized carbons (Fsp3) is 0.368. The molecule has 4 heteroatoms. The lowest BCUT2D eigenvalue weighted by Gasteiger charge is -2.15. The highest BCUT2D eigenvalue weighted by Gasteiger charge is 2.29. The summed E-state index contributed by atoms with van der Waals surface area (Å²) in [6.45, 7) is 2.71. The fourth-order valence-corrected chi connectivity index (χ4v) is 3.35. The molecule has 1 aliphatic heterocycles. The Morgan fingerprint density at radius 2 is 1.91 bits per heavy atom. The number of esters is 1. The summed E-state index contributed by atoms with van der Waals surface area (Å²) in [5, 5.41) is 0. The van der Waals surface area contributed by atoms with Gasteiger partial charge in [0.2, 0.25) is 5.78 Å². The molecule has 0 saturated carbocycles. The lowest BCUT2D eigenvalue weighted by molar-refractivity contribution is -0.142. The van der Waals surface area contributed by atoms with E-state index in [1.54, 1.807) is 0 Å². The Bertz CT molecular complexity index is 745. The van der Waals surface area contributed by atoms with Gasteiger partial charge in [-0.1, -0.05) is 30.7 Å². The second-order valence-electron chi connectivity index (χ2n) is 6.01. The third-order valence-corrected chi connectivity index (χ3v) is 4.60. The molecule has 0 N–H and O–H groups in total. The minimum Gasteiger partial charge on any atom is -0.469 e. The summed E-state index contributed by atoms with van der Waals surface area (Å²) >= 11 is 0. The van der Waals surface area contributed by atoms with Crippen molar-refractivity contribution in [3.8, 4) is 0 Å². The monoisotopic (exact) mass is 311 g/mol. The first-order chi connectivity index (χ1) is 11.1. The standard InChI is InChI=1S/C19H21NO3/c1-13-7-3-4-8-14(13)18(21)17-11-10-16-15(19(22)23-2)9-5-6-12-20(16)17/h3-4,7-8,10-11,15H,5-6,9,12H2,1-2H3. The zero-order chi connectivity index (χ0) is 16.4. The first kappa shape index (κ1) is 15.5. The van der Waals surface area contributed by atoms with Gasteiger partial charge in [0.05, 0.1) is 18.7 Å². The summed E-state index contributed by atoms with van der Waals surface area (Å²) in [7, 11) is 1.42. The Kier molecular flexibility index (Phi) is 4.33. The zero-order valence-electron chi connectivity index (χ0n) is 13.5. The smallest absolute Gasteiger partial charge is 0.314 e. The van der Waals surface area contributed by atoms with E-state index >= 15 is 0 Å². The van der Waals surface area contributed by atoms with Crippen LogP contribution in [-0.2, 0) is 16.1 Å². The van der Waals surface area contributed by atoms with Crippen LogP contribution in [0.2, 0.25) is 0 Å². The minimum atomic E-state index is -0.277. The molecular formula is C19H21NO3. The van der Waals surface area contributed by atoms with Crippen LogP contribution in [0.15, 0.2) is 36.4 Å². The number of carbonyl (C=O) groups excluding carboxylic acids is 2. The molecule has 23 heavy (non-hydrogen) atoms. The lowest BCUT2D eigenvalue weighted by Crippen LogP contribution is -2.18. The quantitative estimate of drug-likeness (QED) is 0.644. The number of ketones is 1. The second kappa shape index (κ2) is 6.41. The van der Waals surface area contributed by atoms with Crippen molar-refractivity contribution >= 4 is 11.8 Å². The van der Waals surface area contributed by atoms with E-state index in [0.29, 0.717) is 11.3 Å². The van der Waals surface area contributed by atoms with Gasteiger partial charge < -0.3 is 9.30 Å². The third-order valence-electron chi connectivity index (χ3n) is 4.60. The predicted molar refractivity (Wildman–Crippen MR) is 87.7 cm³/mol. The van der Waals surface area contributed by atoms with Crippen LogP contribution in [0.4, 0.5) is 0 Å². The maximum absolute atomic E-state index is 12.9. The Labute approximate surface area is 136 Å². The molecular weight excluding hydrogens is 290 g/mol. The van der Waals surface area contributed by atoms with Crippen molar-refractivity contribution in [3.63, 3.8) is 0 Å². The Morgan fingerprint density at radius 1 is 1.13 bits per heavy atom. The van der Waals surface area contributed by atoms with Crippen LogP contribution in [-0.4, -0.2) is 23.4 Å². The van der Waals surface area contributed by atoms with E-state index in [0.717, 1.165) is 37.1 Å². The van der Waals surface area contributed by atoms with Gasteiger partial charge in [0, 0.05) is 17.8 Å². The topological polar surface area (TPSA) is 48.3 Å². The van der Waals surface area contributed by atoms with Gasteiger partial charge in [0.25, 0.3) is 0 Å². The second-order valence-corrected chi connectivity index (χ2v) is 6.01. The maximum atomic E-state index is 12.9. The summed E-state index contributed by atoms with van der Waals surface area (Å²) in [5.41, 5.74) is 3.23. The van der Waals surface area contributed by atoms with Gasteiger partial charge in [-0.15, -0.1) is 0 Å². The maximum Gasteiger partial charge on any atom is 0.314 e. The molecule has 1 aliphatic rings. The van der Waals surface area contributed by atoms with Crippen molar-refractivity contribution in [3.05, 3.63) is 58.9 Å². The number of hydrogen-bond acceptors (Lipinski definition) is 3. The number of aryl methyl sites for hydroxylation is 1. The van der Waals surface area contributed by atoms with Crippen LogP contribution < -0.4 is 0 Å². The molecule has 1 aromatic carbocycles. The molecule has 3 rings (SSSR count). The van der Waals surface area contributed by atoms with Crippen LogP contribution in [0.5, 0.6) is 0 Å². The summed E-state index contributed by atoms with van der Waals surface area (Å²) in [6, 6.07) is 11.3. The molecule has 0 bridgehead atoms. The molecule has 1 atom stereocenters. The van der Waals surface area contributed by atoms with Crippen LogP contribution in [0, 0.1) is 6.92 Å². The molecule has 2 aromatic rings. The van der Waals surface area contributed by atoms with E-state index in [1.165, 1.54) is 7.11 Å². The van der Waals surface area contributed by atoms with Gasteiger partial charge in [-0.2, -0.15) is 0 Å². The molecule has 1 aromatic heterocycles. The van der Waals surface area contributed by atoms with Crippen molar-refractivity contribution in [2.75, 3.05) is 7.11 Å². The molecule has 0 radical (unpaired) electrons. The molecule has 120 valence electrons. The predicted octanol–water partition coefficient (Wildman–Crippen LogP) is 3.47. The van der Waals surface area contributed by atoms with Gasteiger partial charge in [-0.05, 0) is 37.5 Å². The van der Waals surface area contributed by atoms with Crippen LogP contribution in [0.1, 0.15) is 52.5 Å². The molecule has 0 saturated heterocycles.